The summed E-state index contributed by atoms with van der Waals surface area (Å²) >= 11 is 0. The summed E-state index contributed by atoms with van der Waals surface area (Å²) in [6.07, 6.45) is 2.18. The lowest BCUT2D eigenvalue weighted by atomic mass is 10.00. The second-order valence-electron chi connectivity index (χ2n) is 5.32. The molecule has 6 heteroatoms. The van der Waals surface area contributed by atoms with E-state index in [4.69, 9.17) is 4.74 Å². The molecule has 0 radical (unpaired) electrons. The van der Waals surface area contributed by atoms with E-state index in [0.29, 0.717) is 24.8 Å². The van der Waals surface area contributed by atoms with Gasteiger partial charge in [-0.15, -0.1) is 0 Å². The minimum atomic E-state index is -3.51. The summed E-state index contributed by atoms with van der Waals surface area (Å²) in [6.45, 7) is 4.82. The van der Waals surface area contributed by atoms with E-state index in [0.717, 1.165) is 25.9 Å². The lowest BCUT2D eigenvalue weighted by Gasteiger charge is -2.29. The maximum Gasteiger partial charge on any atom is 0.246 e. The summed E-state index contributed by atoms with van der Waals surface area (Å²) in [4.78, 5) is 0.248. The predicted molar refractivity (Wildman–Crippen MR) is 83.0 cm³/mol. The SMILES string of the molecule is CCN(CC1CCCNC1)S(=O)(=O)c1ccccc1OC. The maximum atomic E-state index is 12.8. The first-order chi connectivity index (χ1) is 10.1. The number of nitrogens with one attached hydrogen (secondary N) is 1. The molecule has 1 saturated heterocycles. The van der Waals surface area contributed by atoms with Crippen LogP contribution < -0.4 is 10.1 Å². The van der Waals surface area contributed by atoms with Gasteiger partial charge in [0, 0.05) is 13.1 Å². The van der Waals surface area contributed by atoms with Gasteiger partial charge in [-0.25, -0.2) is 8.42 Å². The van der Waals surface area contributed by atoms with E-state index >= 15 is 0 Å². The number of sulfonamides is 1. The number of benzene rings is 1. The first-order valence-corrected chi connectivity index (χ1v) is 8.87. The van der Waals surface area contributed by atoms with Gasteiger partial charge in [-0.1, -0.05) is 19.1 Å². The van der Waals surface area contributed by atoms with Crippen molar-refractivity contribution < 1.29 is 13.2 Å². The van der Waals surface area contributed by atoms with E-state index in [1.807, 2.05) is 6.92 Å². The highest BCUT2D eigenvalue weighted by atomic mass is 32.2. The molecule has 1 heterocycles. The normalized spacial score (nSPS) is 19.7. The van der Waals surface area contributed by atoms with Crippen molar-refractivity contribution in [2.45, 2.75) is 24.7 Å². The molecule has 1 N–H and O–H groups in total. The molecule has 0 aromatic heterocycles. The van der Waals surface area contributed by atoms with E-state index in [1.165, 1.54) is 7.11 Å². The van der Waals surface area contributed by atoms with Crippen LogP contribution in [-0.4, -0.2) is 46.0 Å². The molecule has 1 aromatic carbocycles. The topological polar surface area (TPSA) is 58.6 Å². The molecule has 1 aromatic rings. The largest absolute Gasteiger partial charge is 0.495 e. The summed E-state index contributed by atoms with van der Waals surface area (Å²) in [5.41, 5.74) is 0. The second kappa shape index (κ2) is 7.24. The summed E-state index contributed by atoms with van der Waals surface area (Å²) in [5.74, 6) is 0.779. The van der Waals surface area contributed by atoms with Crippen molar-refractivity contribution >= 4 is 10.0 Å². The zero-order chi connectivity index (χ0) is 15.3. The third-order valence-electron chi connectivity index (χ3n) is 3.90. The van der Waals surface area contributed by atoms with Crippen molar-refractivity contribution in [3.05, 3.63) is 24.3 Å². The molecule has 5 nitrogen and oxygen atoms in total. The molecular formula is C15H24N2O3S. The quantitative estimate of drug-likeness (QED) is 0.869. The summed E-state index contributed by atoms with van der Waals surface area (Å²) < 4.78 is 32.4. The van der Waals surface area contributed by atoms with E-state index in [-0.39, 0.29) is 4.90 Å². The number of methoxy groups -OCH3 is 1. The molecule has 0 aliphatic carbocycles. The van der Waals surface area contributed by atoms with Crippen LogP contribution in [-0.2, 0) is 10.0 Å². The highest BCUT2D eigenvalue weighted by Crippen LogP contribution is 2.27. The Bertz CT molecular complexity index is 554. The fourth-order valence-electron chi connectivity index (χ4n) is 2.74. The van der Waals surface area contributed by atoms with Gasteiger partial charge in [0.2, 0.25) is 10.0 Å². The van der Waals surface area contributed by atoms with Gasteiger partial charge in [0.1, 0.15) is 10.6 Å². The zero-order valence-corrected chi connectivity index (χ0v) is 13.5. The number of nitrogens with zero attached hydrogens (tertiary/aromatic N) is 1. The standard InChI is InChI=1S/C15H24N2O3S/c1-3-17(12-13-7-6-10-16-11-13)21(18,19)15-9-5-4-8-14(15)20-2/h4-5,8-9,13,16H,3,6-7,10-12H2,1-2H3. The van der Waals surface area contributed by atoms with Crippen LogP contribution in [0.5, 0.6) is 5.75 Å². The van der Waals surface area contributed by atoms with E-state index in [9.17, 15) is 8.42 Å². The van der Waals surface area contributed by atoms with Crippen molar-refractivity contribution in [2.75, 3.05) is 33.3 Å². The van der Waals surface area contributed by atoms with Crippen LogP contribution in [0, 0.1) is 5.92 Å². The monoisotopic (exact) mass is 312 g/mol. The third kappa shape index (κ3) is 3.75. The molecule has 1 aliphatic rings. The lowest BCUT2D eigenvalue weighted by molar-refractivity contribution is 0.297. The highest BCUT2D eigenvalue weighted by Gasteiger charge is 2.28. The molecular weight excluding hydrogens is 288 g/mol. The number of hydrogen-bond acceptors (Lipinski definition) is 4. The van der Waals surface area contributed by atoms with Crippen LogP contribution in [0.3, 0.4) is 0 Å². The first-order valence-electron chi connectivity index (χ1n) is 7.43. The van der Waals surface area contributed by atoms with Crippen LogP contribution >= 0.6 is 0 Å². The smallest absolute Gasteiger partial charge is 0.246 e. The van der Waals surface area contributed by atoms with Crippen LogP contribution in [0.1, 0.15) is 19.8 Å². The van der Waals surface area contributed by atoms with Crippen molar-refractivity contribution in [1.82, 2.24) is 9.62 Å². The van der Waals surface area contributed by atoms with E-state index < -0.39 is 10.0 Å². The third-order valence-corrected chi connectivity index (χ3v) is 5.88. The van der Waals surface area contributed by atoms with Gasteiger partial charge >= 0.3 is 0 Å². The Morgan fingerprint density at radius 3 is 2.76 bits per heavy atom. The van der Waals surface area contributed by atoms with Gasteiger partial charge in [0.05, 0.1) is 7.11 Å². The molecule has 1 fully saturated rings. The molecule has 0 bridgehead atoms. The van der Waals surface area contributed by atoms with Gasteiger partial charge in [-0.05, 0) is 44.0 Å². The first kappa shape index (κ1) is 16.3. The van der Waals surface area contributed by atoms with Gasteiger partial charge in [-0.3, -0.25) is 0 Å². The number of rotatable bonds is 6. The number of hydrogen-bond donors (Lipinski definition) is 1. The van der Waals surface area contributed by atoms with Gasteiger partial charge in [0.25, 0.3) is 0 Å². The fraction of sp³-hybridized carbons (Fsp3) is 0.600. The number of piperidine rings is 1. The van der Waals surface area contributed by atoms with Gasteiger partial charge in [-0.2, -0.15) is 4.31 Å². The van der Waals surface area contributed by atoms with E-state index in [1.54, 1.807) is 28.6 Å². The average Bonchev–Trinajstić information content (AvgIpc) is 2.53. The van der Waals surface area contributed by atoms with Crippen molar-refractivity contribution in [3.8, 4) is 5.75 Å². The number of para-hydroxylation sites is 1. The predicted octanol–water partition coefficient (Wildman–Crippen LogP) is 1.71. The van der Waals surface area contributed by atoms with Crippen LogP contribution in [0.4, 0.5) is 0 Å². The molecule has 118 valence electrons. The van der Waals surface area contributed by atoms with Crippen LogP contribution in [0.2, 0.25) is 0 Å². The van der Waals surface area contributed by atoms with Gasteiger partial charge in [0.15, 0.2) is 0 Å². The minimum absolute atomic E-state index is 0.248. The summed E-state index contributed by atoms with van der Waals surface area (Å²) in [7, 11) is -2.02. The highest BCUT2D eigenvalue weighted by molar-refractivity contribution is 7.89. The Balaban J connectivity index is 2.22. The van der Waals surface area contributed by atoms with Crippen molar-refractivity contribution in [3.63, 3.8) is 0 Å². The molecule has 0 saturated carbocycles. The molecule has 0 spiro atoms. The van der Waals surface area contributed by atoms with Gasteiger partial charge < -0.3 is 10.1 Å². The Kier molecular flexibility index (Phi) is 5.61. The van der Waals surface area contributed by atoms with E-state index in [2.05, 4.69) is 5.32 Å². The number of ether oxygens (including phenoxy) is 1. The average molecular weight is 312 g/mol. The van der Waals surface area contributed by atoms with Crippen molar-refractivity contribution in [2.24, 2.45) is 5.92 Å². The second-order valence-corrected chi connectivity index (χ2v) is 7.23. The Labute approximate surface area is 127 Å². The summed E-state index contributed by atoms with van der Waals surface area (Å²) in [6, 6.07) is 6.80. The molecule has 21 heavy (non-hydrogen) atoms. The minimum Gasteiger partial charge on any atom is -0.495 e. The molecule has 0 amide bonds. The molecule has 2 rings (SSSR count). The lowest BCUT2D eigenvalue weighted by Crippen LogP contribution is -2.41. The molecule has 1 atom stereocenters. The maximum absolute atomic E-state index is 12.8. The zero-order valence-electron chi connectivity index (χ0n) is 12.7. The molecule has 1 aliphatic heterocycles. The van der Waals surface area contributed by atoms with Crippen LogP contribution in [0.15, 0.2) is 29.2 Å². The fourth-order valence-corrected chi connectivity index (χ4v) is 4.42. The molecule has 1 unspecified atom stereocenters. The van der Waals surface area contributed by atoms with Crippen LogP contribution in [0.25, 0.3) is 0 Å². The van der Waals surface area contributed by atoms with Crippen molar-refractivity contribution in [1.29, 1.82) is 0 Å². The Morgan fingerprint density at radius 2 is 2.14 bits per heavy atom. The Morgan fingerprint density at radius 1 is 1.38 bits per heavy atom. The Hall–Kier alpha value is -1.11. The summed E-state index contributed by atoms with van der Waals surface area (Å²) in [5, 5.41) is 3.33.